The van der Waals surface area contributed by atoms with Gasteiger partial charge in [-0.05, 0) is 24.3 Å². The molecule has 0 aliphatic heterocycles. The second kappa shape index (κ2) is 4.49. The van der Waals surface area contributed by atoms with Crippen LogP contribution in [0, 0.1) is 0 Å². The highest BCUT2D eigenvalue weighted by atomic mass is 16.1. The summed E-state index contributed by atoms with van der Waals surface area (Å²) in [6.07, 6.45) is 4.77. The van der Waals surface area contributed by atoms with Crippen LogP contribution < -0.4 is 11.3 Å². The van der Waals surface area contributed by atoms with Crippen molar-refractivity contribution in [2.45, 2.75) is 6.54 Å². The lowest BCUT2D eigenvalue weighted by Crippen LogP contribution is -2.22. The van der Waals surface area contributed by atoms with Gasteiger partial charge in [-0.1, -0.05) is 0 Å². The third-order valence-electron chi connectivity index (χ3n) is 2.78. The molecule has 0 saturated carbocycles. The molecule has 3 rings (SSSR count). The number of benzene rings is 1. The van der Waals surface area contributed by atoms with E-state index in [1.807, 2.05) is 0 Å². The van der Waals surface area contributed by atoms with Gasteiger partial charge in [0.25, 0.3) is 5.56 Å². The van der Waals surface area contributed by atoms with E-state index in [0.717, 1.165) is 0 Å². The van der Waals surface area contributed by atoms with Crippen LogP contribution in [0.3, 0.4) is 0 Å². The number of anilines is 1. The average molecular weight is 253 g/mol. The maximum Gasteiger partial charge on any atom is 0.261 e. The molecule has 2 heterocycles. The Morgan fingerprint density at radius 3 is 2.74 bits per heavy atom. The molecule has 0 amide bonds. The Morgan fingerprint density at radius 2 is 1.95 bits per heavy atom. The first kappa shape index (κ1) is 11.3. The van der Waals surface area contributed by atoms with Gasteiger partial charge >= 0.3 is 0 Å². The van der Waals surface area contributed by atoms with E-state index in [-0.39, 0.29) is 12.1 Å². The van der Waals surface area contributed by atoms with Gasteiger partial charge in [0.15, 0.2) is 0 Å². The Labute approximate surface area is 108 Å². The van der Waals surface area contributed by atoms with E-state index in [0.29, 0.717) is 22.4 Å². The smallest absolute Gasteiger partial charge is 0.261 e. The fourth-order valence-electron chi connectivity index (χ4n) is 1.85. The van der Waals surface area contributed by atoms with Crippen molar-refractivity contribution in [3.8, 4) is 0 Å². The molecule has 6 nitrogen and oxygen atoms in total. The monoisotopic (exact) mass is 253 g/mol. The third kappa shape index (κ3) is 2.15. The van der Waals surface area contributed by atoms with Gasteiger partial charge < -0.3 is 5.73 Å². The van der Waals surface area contributed by atoms with Crippen LogP contribution >= 0.6 is 0 Å². The summed E-state index contributed by atoms with van der Waals surface area (Å²) in [7, 11) is 0. The topological polar surface area (TPSA) is 86.7 Å². The maximum absolute atomic E-state index is 12.3. The largest absolute Gasteiger partial charge is 0.399 e. The van der Waals surface area contributed by atoms with Gasteiger partial charge in [-0.3, -0.25) is 9.36 Å². The molecule has 0 fully saturated rings. The first-order valence-electron chi connectivity index (χ1n) is 5.74. The second-order valence-electron chi connectivity index (χ2n) is 4.12. The molecular formula is C13H11N5O. The Hall–Kier alpha value is -2.76. The molecule has 0 saturated heterocycles. The van der Waals surface area contributed by atoms with Crippen LogP contribution in [-0.4, -0.2) is 19.5 Å². The summed E-state index contributed by atoms with van der Waals surface area (Å²) in [6, 6.07) is 6.81. The van der Waals surface area contributed by atoms with Crippen molar-refractivity contribution in [1.82, 2.24) is 19.5 Å². The summed E-state index contributed by atoms with van der Waals surface area (Å²) in [5, 5.41) is 0.499. The molecule has 0 atom stereocenters. The van der Waals surface area contributed by atoms with E-state index >= 15 is 0 Å². The summed E-state index contributed by atoms with van der Waals surface area (Å²) in [5.74, 6) is 0.564. The second-order valence-corrected chi connectivity index (χ2v) is 4.12. The number of aromatic nitrogens is 4. The fraction of sp³-hybridized carbons (Fsp3) is 0.0769. The van der Waals surface area contributed by atoms with Crippen LogP contribution in [0.5, 0.6) is 0 Å². The molecule has 0 radical (unpaired) electrons. The summed E-state index contributed by atoms with van der Waals surface area (Å²) in [5.41, 5.74) is 6.72. The molecule has 1 aromatic carbocycles. The van der Waals surface area contributed by atoms with Crippen LogP contribution in [0.4, 0.5) is 5.69 Å². The van der Waals surface area contributed by atoms with Crippen molar-refractivity contribution in [2.75, 3.05) is 5.73 Å². The Morgan fingerprint density at radius 1 is 1.16 bits per heavy atom. The predicted molar refractivity (Wildman–Crippen MR) is 71.5 cm³/mol. The van der Waals surface area contributed by atoms with Gasteiger partial charge in [0.05, 0.1) is 23.8 Å². The molecule has 0 bridgehead atoms. The first-order valence-corrected chi connectivity index (χ1v) is 5.74. The minimum atomic E-state index is -0.148. The molecule has 0 aliphatic carbocycles. The maximum atomic E-state index is 12.3. The molecule has 0 aliphatic rings. The highest BCUT2D eigenvalue weighted by molar-refractivity contribution is 5.80. The van der Waals surface area contributed by atoms with Crippen LogP contribution in [0.25, 0.3) is 10.9 Å². The van der Waals surface area contributed by atoms with Crippen LogP contribution in [0.1, 0.15) is 5.82 Å². The lowest BCUT2D eigenvalue weighted by atomic mass is 10.2. The minimum absolute atomic E-state index is 0.148. The molecule has 2 N–H and O–H groups in total. The number of hydrogen-bond donors (Lipinski definition) is 1. The van der Waals surface area contributed by atoms with Crippen molar-refractivity contribution >= 4 is 16.6 Å². The lowest BCUT2D eigenvalue weighted by molar-refractivity contribution is 0.706. The van der Waals surface area contributed by atoms with Crippen LogP contribution in [0.15, 0.2) is 47.8 Å². The minimum Gasteiger partial charge on any atom is -0.399 e. The zero-order chi connectivity index (χ0) is 13.2. The van der Waals surface area contributed by atoms with Crippen molar-refractivity contribution in [2.24, 2.45) is 0 Å². The van der Waals surface area contributed by atoms with E-state index in [9.17, 15) is 4.79 Å². The molecule has 3 aromatic rings. The SMILES string of the molecule is Nc1ccc2ncn(Cc3ncccn3)c(=O)c2c1. The lowest BCUT2D eigenvalue weighted by Gasteiger charge is -2.05. The number of nitrogens with zero attached hydrogens (tertiary/aromatic N) is 4. The van der Waals surface area contributed by atoms with Gasteiger partial charge in [-0.2, -0.15) is 0 Å². The normalized spacial score (nSPS) is 10.7. The number of rotatable bonds is 2. The van der Waals surface area contributed by atoms with Crippen molar-refractivity contribution in [1.29, 1.82) is 0 Å². The van der Waals surface area contributed by atoms with Crippen molar-refractivity contribution < 1.29 is 0 Å². The van der Waals surface area contributed by atoms with Gasteiger partial charge in [0.2, 0.25) is 0 Å². The standard InChI is InChI=1S/C13H11N5O/c14-9-2-3-11-10(6-9)13(19)18(8-17-11)7-12-15-4-1-5-16-12/h1-6,8H,7,14H2. The molecule has 0 unspecified atom stereocenters. The quantitative estimate of drug-likeness (QED) is 0.683. The summed E-state index contributed by atoms with van der Waals surface area (Å²) < 4.78 is 1.47. The van der Waals surface area contributed by atoms with E-state index in [1.54, 1.807) is 36.7 Å². The number of hydrogen-bond acceptors (Lipinski definition) is 5. The summed E-state index contributed by atoms with van der Waals surface area (Å²) >= 11 is 0. The molecular weight excluding hydrogens is 242 g/mol. The zero-order valence-corrected chi connectivity index (χ0v) is 10.0. The predicted octanol–water partition coefficient (Wildman–Crippen LogP) is 0.817. The molecule has 0 spiro atoms. The first-order chi connectivity index (χ1) is 9.24. The van der Waals surface area contributed by atoms with Crippen LogP contribution in [-0.2, 0) is 6.54 Å². The Balaban J connectivity index is 2.10. The summed E-state index contributed by atoms with van der Waals surface area (Å²) in [4.78, 5) is 24.7. The fourth-order valence-corrected chi connectivity index (χ4v) is 1.85. The highest BCUT2D eigenvalue weighted by Crippen LogP contribution is 2.11. The van der Waals surface area contributed by atoms with Gasteiger partial charge in [0, 0.05) is 18.1 Å². The Kier molecular flexibility index (Phi) is 2.68. The van der Waals surface area contributed by atoms with Crippen LogP contribution in [0.2, 0.25) is 0 Å². The molecule has 2 aromatic heterocycles. The number of nitrogens with two attached hydrogens (primary N) is 1. The Bertz CT molecular complexity index is 782. The summed E-state index contributed by atoms with van der Waals surface area (Å²) in [6.45, 7) is 0.289. The van der Waals surface area contributed by atoms with Crippen molar-refractivity contribution in [3.05, 3.63) is 59.2 Å². The van der Waals surface area contributed by atoms with Gasteiger partial charge in [0.1, 0.15) is 5.82 Å². The average Bonchev–Trinajstić information content (AvgIpc) is 2.44. The molecule has 6 heteroatoms. The number of fused-ring (bicyclic) bond motifs is 1. The number of nitrogen functional groups attached to an aromatic ring is 1. The third-order valence-corrected chi connectivity index (χ3v) is 2.78. The van der Waals surface area contributed by atoms with E-state index in [2.05, 4.69) is 15.0 Å². The zero-order valence-electron chi connectivity index (χ0n) is 10.0. The van der Waals surface area contributed by atoms with Crippen molar-refractivity contribution in [3.63, 3.8) is 0 Å². The van der Waals surface area contributed by atoms with Gasteiger partial charge in [-0.15, -0.1) is 0 Å². The molecule has 94 valence electrons. The highest BCUT2D eigenvalue weighted by Gasteiger charge is 2.06. The van der Waals surface area contributed by atoms with E-state index in [4.69, 9.17) is 5.73 Å². The molecule has 19 heavy (non-hydrogen) atoms. The van der Waals surface area contributed by atoms with E-state index < -0.39 is 0 Å². The van der Waals surface area contributed by atoms with E-state index in [1.165, 1.54) is 10.9 Å². The van der Waals surface area contributed by atoms with Gasteiger partial charge in [-0.25, -0.2) is 15.0 Å².